The molecule has 2 rings (SSSR count). The second-order valence-electron chi connectivity index (χ2n) is 4.29. The molecule has 2 heterocycles. The molecule has 20 heavy (non-hydrogen) atoms. The van der Waals surface area contributed by atoms with E-state index < -0.39 is 0 Å². The smallest absolute Gasteiger partial charge is 0.348 e. The van der Waals surface area contributed by atoms with Gasteiger partial charge in [-0.15, -0.1) is 11.3 Å². The van der Waals surface area contributed by atoms with Crippen LogP contribution in [0.3, 0.4) is 0 Å². The third-order valence-corrected chi connectivity index (χ3v) is 3.97. The second kappa shape index (κ2) is 6.15. The van der Waals surface area contributed by atoms with Gasteiger partial charge in [-0.05, 0) is 26.3 Å². The minimum atomic E-state index is -0.310. The number of ether oxygens (including phenoxy) is 1. The molecular weight excluding hydrogens is 276 g/mol. The molecule has 0 aromatic carbocycles. The topological polar surface area (TPSA) is 90.1 Å². The number of rotatable bonds is 5. The fourth-order valence-electron chi connectivity index (χ4n) is 1.96. The first-order chi connectivity index (χ1) is 9.58. The van der Waals surface area contributed by atoms with Crippen molar-refractivity contribution in [1.82, 2.24) is 9.97 Å². The number of aromatic nitrogens is 2. The van der Waals surface area contributed by atoms with Crippen LogP contribution in [0.5, 0.6) is 0 Å². The van der Waals surface area contributed by atoms with Crippen LogP contribution < -0.4 is 11.1 Å². The van der Waals surface area contributed by atoms with Gasteiger partial charge in [-0.3, -0.25) is 0 Å². The number of fused-ring (bicyclic) bond motifs is 1. The Morgan fingerprint density at radius 2 is 2.15 bits per heavy atom. The standard InChI is InChI=1S/C13H18N4O2S/c1-4-19-13(18)10-7(2)9-11(15-6-5-14)16-8(3)17-12(9)20-10/h4-6,14H2,1-3H3,(H,15,16,17). The van der Waals surface area contributed by atoms with Gasteiger partial charge in [0, 0.05) is 13.1 Å². The van der Waals surface area contributed by atoms with Crippen LogP contribution in [0.25, 0.3) is 10.2 Å². The van der Waals surface area contributed by atoms with E-state index in [1.807, 2.05) is 13.8 Å². The highest BCUT2D eigenvalue weighted by atomic mass is 32.1. The fourth-order valence-corrected chi connectivity index (χ4v) is 3.08. The molecule has 7 heteroatoms. The third kappa shape index (κ3) is 2.73. The summed E-state index contributed by atoms with van der Waals surface area (Å²) in [6.45, 7) is 6.99. The zero-order valence-electron chi connectivity index (χ0n) is 11.8. The van der Waals surface area contributed by atoms with Gasteiger partial charge < -0.3 is 15.8 Å². The van der Waals surface area contributed by atoms with Gasteiger partial charge in [0.2, 0.25) is 0 Å². The molecule has 0 saturated carbocycles. The lowest BCUT2D eigenvalue weighted by atomic mass is 10.2. The number of anilines is 1. The predicted octanol–water partition coefficient (Wildman–Crippen LogP) is 1.86. The Bertz CT molecular complexity index is 639. The molecule has 0 saturated heterocycles. The maximum atomic E-state index is 11.9. The van der Waals surface area contributed by atoms with E-state index in [0.717, 1.165) is 21.6 Å². The van der Waals surface area contributed by atoms with Crippen LogP contribution in [0.2, 0.25) is 0 Å². The Hall–Kier alpha value is -1.73. The van der Waals surface area contributed by atoms with Crippen LogP contribution in [-0.4, -0.2) is 35.6 Å². The lowest BCUT2D eigenvalue weighted by Gasteiger charge is -2.07. The summed E-state index contributed by atoms with van der Waals surface area (Å²) in [6, 6.07) is 0. The number of carbonyl (C=O) groups excluding carboxylic acids is 1. The molecule has 0 atom stereocenters. The zero-order chi connectivity index (χ0) is 14.7. The van der Waals surface area contributed by atoms with E-state index in [4.69, 9.17) is 10.5 Å². The summed E-state index contributed by atoms with van der Waals surface area (Å²) in [4.78, 5) is 22.1. The number of thiophene rings is 1. The second-order valence-corrected chi connectivity index (χ2v) is 5.29. The van der Waals surface area contributed by atoms with Crippen LogP contribution in [0.1, 0.15) is 28.0 Å². The summed E-state index contributed by atoms with van der Waals surface area (Å²) < 4.78 is 5.07. The molecule has 108 valence electrons. The molecule has 0 aliphatic rings. The molecular formula is C13H18N4O2S. The normalized spacial score (nSPS) is 10.8. The summed E-state index contributed by atoms with van der Waals surface area (Å²) in [5, 5.41) is 4.05. The number of nitrogens with one attached hydrogen (secondary N) is 1. The first kappa shape index (κ1) is 14.7. The number of hydrogen-bond donors (Lipinski definition) is 2. The SMILES string of the molecule is CCOC(=O)c1sc2nc(C)nc(NCCN)c2c1C. The van der Waals surface area contributed by atoms with Gasteiger partial charge in [-0.1, -0.05) is 0 Å². The Morgan fingerprint density at radius 3 is 2.80 bits per heavy atom. The summed E-state index contributed by atoms with van der Waals surface area (Å²) in [7, 11) is 0. The monoisotopic (exact) mass is 294 g/mol. The first-order valence-electron chi connectivity index (χ1n) is 6.47. The molecule has 0 radical (unpaired) electrons. The molecule has 2 aromatic rings. The van der Waals surface area contributed by atoms with Gasteiger partial charge >= 0.3 is 5.97 Å². The highest BCUT2D eigenvalue weighted by molar-refractivity contribution is 7.20. The first-order valence-corrected chi connectivity index (χ1v) is 7.29. The summed E-state index contributed by atoms with van der Waals surface area (Å²) >= 11 is 1.34. The van der Waals surface area contributed by atoms with Gasteiger partial charge in [0.25, 0.3) is 0 Å². The van der Waals surface area contributed by atoms with Crippen LogP contribution in [0.4, 0.5) is 5.82 Å². The van der Waals surface area contributed by atoms with Crippen molar-refractivity contribution in [2.45, 2.75) is 20.8 Å². The van der Waals surface area contributed by atoms with Gasteiger partial charge in [-0.2, -0.15) is 0 Å². The largest absolute Gasteiger partial charge is 0.462 e. The number of nitrogens with two attached hydrogens (primary N) is 1. The average molecular weight is 294 g/mol. The Labute approximate surface area is 121 Å². The summed E-state index contributed by atoms with van der Waals surface area (Å²) in [5.74, 6) is 1.08. The van der Waals surface area contributed by atoms with Crippen molar-refractivity contribution in [3.63, 3.8) is 0 Å². The van der Waals surface area contributed by atoms with E-state index >= 15 is 0 Å². The predicted molar refractivity (Wildman–Crippen MR) is 80.4 cm³/mol. The van der Waals surface area contributed by atoms with Gasteiger partial charge in [-0.25, -0.2) is 14.8 Å². The Kier molecular flexibility index (Phi) is 4.51. The zero-order valence-corrected chi connectivity index (χ0v) is 12.6. The maximum absolute atomic E-state index is 11.9. The number of hydrogen-bond acceptors (Lipinski definition) is 7. The molecule has 0 unspecified atom stereocenters. The van der Waals surface area contributed by atoms with Crippen LogP contribution >= 0.6 is 11.3 Å². The molecule has 3 N–H and O–H groups in total. The number of nitrogens with zero attached hydrogens (tertiary/aromatic N) is 2. The molecule has 0 bridgehead atoms. The van der Waals surface area contributed by atoms with Gasteiger partial charge in [0.05, 0.1) is 12.0 Å². The quantitative estimate of drug-likeness (QED) is 0.818. The molecule has 0 aliphatic carbocycles. The van der Waals surface area contributed by atoms with Crippen LogP contribution in [0, 0.1) is 13.8 Å². The van der Waals surface area contributed by atoms with Crippen molar-refractivity contribution < 1.29 is 9.53 Å². The average Bonchev–Trinajstić information content (AvgIpc) is 2.73. The van der Waals surface area contributed by atoms with Crippen molar-refractivity contribution in [3.05, 3.63) is 16.3 Å². The van der Waals surface area contributed by atoms with Gasteiger partial charge in [0.15, 0.2) is 0 Å². The van der Waals surface area contributed by atoms with E-state index in [1.54, 1.807) is 6.92 Å². The van der Waals surface area contributed by atoms with Crippen molar-refractivity contribution in [2.75, 3.05) is 25.0 Å². The molecule has 0 aliphatic heterocycles. The van der Waals surface area contributed by atoms with Crippen molar-refractivity contribution >= 4 is 33.3 Å². The minimum absolute atomic E-state index is 0.310. The maximum Gasteiger partial charge on any atom is 0.348 e. The van der Waals surface area contributed by atoms with E-state index in [-0.39, 0.29) is 5.97 Å². The highest BCUT2D eigenvalue weighted by Crippen LogP contribution is 2.34. The van der Waals surface area contributed by atoms with Crippen LogP contribution in [-0.2, 0) is 4.74 Å². The molecule has 0 spiro atoms. The molecule has 2 aromatic heterocycles. The van der Waals surface area contributed by atoms with E-state index in [2.05, 4.69) is 15.3 Å². The Balaban J connectivity index is 2.55. The molecule has 6 nitrogen and oxygen atoms in total. The minimum Gasteiger partial charge on any atom is -0.462 e. The summed E-state index contributed by atoms with van der Waals surface area (Å²) in [6.07, 6.45) is 0. The number of carbonyl (C=O) groups is 1. The van der Waals surface area contributed by atoms with Crippen molar-refractivity contribution in [3.8, 4) is 0 Å². The van der Waals surface area contributed by atoms with E-state index in [0.29, 0.717) is 30.4 Å². The van der Waals surface area contributed by atoms with Crippen LogP contribution in [0.15, 0.2) is 0 Å². The Morgan fingerprint density at radius 1 is 1.40 bits per heavy atom. The number of aryl methyl sites for hydroxylation is 2. The lowest BCUT2D eigenvalue weighted by Crippen LogP contribution is -2.14. The van der Waals surface area contributed by atoms with E-state index in [9.17, 15) is 4.79 Å². The fraction of sp³-hybridized carbons (Fsp3) is 0.462. The summed E-state index contributed by atoms with van der Waals surface area (Å²) in [5.41, 5.74) is 6.36. The van der Waals surface area contributed by atoms with Crippen molar-refractivity contribution in [2.24, 2.45) is 5.73 Å². The highest BCUT2D eigenvalue weighted by Gasteiger charge is 2.20. The van der Waals surface area contributed by atoms with E-state index in [1.165, 1.54) is 11.3 Å². The van der Waals surface area contributed by atoms with Gasteiger partial charge in [0.1, 0.15) is 21.3 Å². The molecule has 0 fully saturated rings. The lowest BCUT2D eigenvalue weighted by molar-refractivity contribution is 0.0531. The van der Waals surface area contributed by atoms with Crippen molar-refractivity contribution in [1.29, 1.82) is 0 Å². The third-order valence-electron chi connectivity index (χ3n) is 2.80. The molecule has 0 amide bonds. The number of esters is 1.